The first-order chi connectivity index (χ1) is 12.1. The summed E-state index contributed by atoms with van der Waals surface area (Å²) in [6, 6.07) is 5.23. The normalized spacial score (nSPS) is 11.4. The molecule has 0 saturated carbocycles. The predicted molar refractivity (Wildman–Crippen MR) is 99.2 cm³/mol. The van der Waals surface area contributed by atoms with Gasteiger partial charge >= 0.3 is 0 Å². The monoisotopic (exact) mass is 378 g/mol. The number of thiophene rings is 1. The highest BCUT2D eigenvalue weighted by atomic mass is 32.1. The maximum atomic E-state index is 12.3. The first-order valence-corrected chi connectivity index (χ1v) is 8.94. The third kappa shape index (κ3) is 4.59. The summed E-state index contributed by atoms with van der Waals surface area (Å²) in [6.07, 6.45) is 0.576. The first-order valence-electron chi connectivity index (χ1n) is 8.12. The summed E-state index contributed by atoms with van der Waals surface area (Å²) in [5, 5.41) is 0.502. The molecule has 0 spiro atoms. The molecule has 0 atom stereocenters. The molecule has 0 radical (unpaired) electrons. The zero-order chi connectivity index (χ0) is 19.5. The zero-order valence-corrected chi connectivity index (χ0v) is 16.0. The maximum absolute atomic E-state index is 12.3. The van der Waals surface area contributed by atoms with E-state index in [4.69, 9.17) is 15.3 Å². The number of carbonyl (C=O) groups excluding carboxylic acids is 3. The van der Waals surface area contributed by atoms with Crippen molar-refractivity contribution in [3.63, 3.8) is 0 Å². The van der Waals surface area contributed by atoms with Crippen LogP contribution in [-0.2, 0) is 20.8 Å². The van der Waals surface area contributed by atoms with Crippen molar-refractivity contribution in [1.82, 2.24) is 5.48 Å². The molecule has 7 nitrogen and oxygen atoms in total. The first kappa shape index (κ1) is 19.9. The number of Topliss-reactive ketones (excluding diaryl/α,β-unsaturated/α-hetero) is 1. The van der Waals surface area contributed by atoms with Crippen molar-refractivity contribution < 1.29 is 24.0 Å². The van der Waals surface area contributed by atoms with Gasteiger partial charge in [-0.05, 0) is 39.3 Å². The number of aryl methyl sites for hydroxylation is 1. The Labute approximate surface area is 155 Å². The van der Waals surface area contributed by atoms with E-state index in [1.165, 1.54) is 11.3 Å². The number of ether oxygens (including phenoxy) is 1. The lowest BCUT2D eigenvalue weighted by molar-refractivity contribution is -0.147. The number of fused-ring (bicyclic) bond motifs is 1. The molecule has 0 aliphatic rings. The van der Waals surface area contributed by atoms with E-state index in [9.17, 15) is 14.4 Å². The van der Waals surface area contributed by atoms with Crippen molar-refractivity contribution >= 4 is 39.0 Å². The summed E-state index contributed by atoms with van der Waals surface area (Å²) in [5.41, 5.74) is 7.22. The topological polar surface area (TPSA) is 108 Å². The number of amides is 2. The molecule has 1 heterocycles. The molecule has 1 aromatic heterocycles. The van der Waals surface area contributed by atoms with Gasteiger partial charge in [-0.15, -0.1) is 11.3 Å². The fourth-order valence-corrected chi connectivity index (χ4v) is 3.44. The molecule has 0 unspecified atom stereocenters. The van der Waals surface area contributed by atoms with Crippen LogP contribution in [0.3, 0.4) is 0 Å². The standard InChI is InChI=1S/C18H22N2O5S/c1-5-11-15(16(22)17(19)23)14-10(7-6-8-12(14)26-11)24-9-13(21)20-25-18(2,3)4/h6-8H,5,9H2,1-4H3,(H2,19,23)(H,20,21). The number of rotatable bonds is 7. The van der Waals surface area contributed by atoms with E-state index in [1.807, 2.05) is 13.0 Å². The van der Waals surface area contributed by atoms with E-state index in [1.54, 1.807) is 32.9 Å². The third-order valence-corrected chi connectivity index (χ3v) is 4.65. The average molecular weight is 378 g/mol. The number of hydrogen-bond donors (Lipinski definition) is 2. The summed E-state index contributed by atoms with van der Waals surface area (Å²) < 4.78 is 6.37. The predicted octanol–water partition coefficient (Wildman–Crippen LogP) is 2.36. The molecule has 2 amide bonds. The van der Waals surface area contributed by atoms with E-state index in [-0.39, 0.29) is 12.2 Å². The third-order valence-electron chi connectivity index (χ3n) is 3.35. The van der Waals surface area contributed by atoms with Crippen LogP contribution in [0.2, 0.25) is 0 Å². The van der Waals surface area contributed by atoms with Crippen LogP contribution in [0, 0.1) is 0 Å². The molecule has 140 valence electrons. The molecule has 3 N–H and O–H groups in total. The minimum Gasteiger partial charge on any atom is -0.483 e. The number of nitrogens with one attached hydrogen (secondary N) is 1. The van der Waals surface area contributed by atoms with Gasteiger partial charge in [-0.3, -0.25) is 19.2 Å². The van der Waals surface area contributed by atoms with Crippen LogP contribution < -0.4 is 16.0 Å². The highest BCUT2D eigenvalue weighted by molar-refractivity contribution is 7.19. The molecule has 26 heavy (non-hydrogen) atoms. The number of hydroxylamine groups is 1. The van der Waals surface area contributed by atoms with Crippen molar-refractivity contribution in [1.29, 1.82) is 0 Å². The number of carbonyl (C=O) groups is 3. The Kier molecular flexibility index (Phi) is 5.99. The van der Waals surface area contributed by atoms with E-state index >= 15 is 0 Å². The van der Waals surface area contributed by atoms with Gasteiger partial charge in [-0.25, -0.2) is 5.48 Å². The Morgan fingerprint density at radius 3 is 2.50 bits per heavy atom. The maximum Gasteiger partial charge on any atom is 0.289 e. The lowest BCUT2D eigenvalue weighted by Crippen LogP contribution is -2.36. The van der Waals surface area contributed by atoms with Crippen molar-refractivity contribution in [3.05, 3.63) is 28.6 Å². The molecular weight excluding hydrogens is 356 g/mol. The second kappa shape index (κ2) is 7.84. The number of ketones is 1. The second-order valence-corrected chi connectivity index (χ2v) is 7.74. The largest absolute Gasteiger partial charge is 0.483 e. The summed E-state index contributed by atoms with van der Waals surface area (Å²) in [5.74, 6) is -1.91. The fraction of sp³-hybridized carbons (Fsp3) is 0.389. The Hall–Kier alpha value is -2.45. The van der Waals surface area contributed by atoms with Gasteiger partial charge in [0.1, 0.15) is 5.75 Å². The molecule has 0 saturated heterocycles. The Bertz CT molecular complexity index is 851. The number of benzene rings is 1. The van der Waals surface area contributed by atoms with Crippen molar-refractivity contribution in [3.8, 4) is 5.75 Å². The SMILES string of the molecule is CCc1sc2cccc(OCC(=O)NOC(C)(C)C)c2c1C(=O)C(N)=O. The molecule has 8 heteroatoms. The Balaban J connectivity index is 2.30. The van der Waals surface area contributed by atoms with Crippen LogP contribution in [0.15, 0.2) is 18.2 Å². The minimum atomic E-state index is -1.02. The second-order valence-electron chi connectivity index (χ2n) is 6.60. The summed E-state index contributed by atoms with van der Waals surface area (Å²) in [4.78, 5) is 41.5. The smallest absolute Gasteiger partial charge is 0.289 e. The van der Waals surface area contributed by atoms with Gasteiger partial charge in [-0.1, -0.05) is 13.0 Å². The minimum absolute atomic E-state index is 0.252. The van der Waals surface area contributed by atoms with Gasteiger partial charge in [0.25, 0.3) is 17.6 Å². The zero-order valence-electron chi connectivity index (χ0n) is 15.2. The molecule has 0 bridgehead atoms. The Morgan fingerprint density at radius 2 is 1.92 bits per heavy atom. The van der Waals surface area contributed by atoms with Crippen LogP contribution >= 0.6 is 11.3 Å². The van der Waals surface area contributed by atoms with Crippen LogP contribution in [0.25, 0.3) is 10.1 Å². The van der Waals surface area contributed by atoms with Crippen LogP contribution in [0.1, 0.15) is 42.9 Å². The molecular formula is C18H22N2O5S. The van der Waals surface area contributed by atoms with Crippen LogP contribution in [0.4, 0.5) is 0 Å². The van der Waals surface area contributed by atoms with E-state index in [0.717, 1.165) is 9.58 Å². The van der Waals surface area contributed by atoms with Gasteiger partial charge in [0.05, 0.1) is 11.2 Å². The fourth-order valence-electron chi connectivity index (χ4n) is 2.28. The number of hydrogen-bond acceptors (Lipinski definition) is 6. The quantitative estimate of drug-likeness (QED) is 0.437. The molecule has 2 rings (SSSR count). The summed E-state index contributed by atoms with van der Waals surface area (Å²) in [6.45, 7) is 6.99. The molecule has 0 fully saturated rings. The van der Waals surface area contributed by atoms with Gasteiger partial charge in [0.2, 0.25) is 0 Å². The molecule has 1 aromatic carbocycles. The molecule has 0 aliphatic carbocycles. The van der Waals surface area contributed by atoms with Gasteiger partial charge in [0.15, 0.2) is 6.61 Å². The van der Waals surface area contributed by atoms with Gasteiger partial charge < -0.3 is 10.5 Å². The van der Waals surface area contributed by atoms with Crippen molar-refractivity contribution in [2.75, 3.05) is 6.61 Å². The summed E-state index contributed by atoms with van der Waals surface area (Å²) in [7, 11) is 0. The van der Waals surface area contributed by atoms with Crippen molar-refractivity contribution in [2.24, 2.45) is 5.73 Å². The van der Waals surface area contributed by atoms with Crippen LogP contribution in [-0.4, -0.2) is 29.8 Å². The van der Waals surface area contributed by atoms with E-state index in [0.29, 0.717) is 17.6 Å². The summed E-state index contributed by atoms with van der Waals surface area (Å²) >= 11 is 1.40. The van der Waals surface area contributed by atoms with E-state index < -0.39 is 23.2 Å². The van der Waals surface area contributed by atoms with Crippen LogP contribution in [0.5, 0.6) is 5.75 Å². The van der Waals surface area contributed by atoms with Crippen molar-refractivity contribution in [2.45, 2.75) is 39.7 Å². The average Bonchev–Trinajstić information content (AvgIpc) is 2.95. The number of nitrogens with two attached hydrogens (primary N) is 1. The highest BCUT2D eigenvalue weighted by Gasteiger charge is 2.24. The highest BCUT2D eigenvalue weighted by Crippen LogP contribution is 2.38. The Morgan fingerprint density at radius 1 is 1.23 bits per heavy atom. The van der Waals surface area contributed by atoms with Gasteiger partial charge in [-0.2, -0.15) is 0 Å². The molecule has 2 aromatic rings. The number of primary amides is 1. The molecule has 0 aliphatic heterocycles. The van der Waals surface area contributed by atoms with E-state index in [2.05, 4.69) is 5.48 Å². The lowest BCUT2D eigenvalue weighted by Gasteiger charge is -2.19. The lowest BCUT2D eigenvalue weighted by atomic mass is 10.0. The van der Waals surface area contributed by atoms with Gasteiger partial charge in [0, 0.05) is 15.0 Å².